The molecule has 0 radical (unpaired) electrons. The van der Waals surface area contributed by atoms with E-state index in [0.717, 1.165) is 32.2 Å². The molecule has 2 N–H and O–H groups in total. The summed E-state index contributed by atoms with van der Waals surface area (Å²) < 4.78 is 26.9. The minimum atomic E-state index is -3.07. The Morgan fingerprint density at radius 2 is 1.94 bits per heavy atom. The average molecular weight is 260 g/mol. The number of hydrogen-bond acceptors (Lipinski definition) is 3. The van der Waals surface area contributed by atoms with Crippen LogP contribution in [-0.2, 0) is 10.0 Å². The van der Waals surface area contributed by atoms with Gasteiger partial charge in [-0.1, -0.05) is 12.8 Å². The fraction of sp³-hybridized carbons (Fsp3) is 1.00. The van der Waals surface area contributed by atoms with Crippen molar-refractivity contribution >= 4 is 10.0 Å². The Morgan fingerprint density at radius 3 is 2.59 bits per heavy atom. The predicted octanol–water partition coefficient (Wildman–Crippen LogP) is 1.24. The van der Waals surface area contributed by atoms with Crippen molar-refractivity contribution in [3.63, 3.8) is 0 Å². The van der Waals surface area contributed by atoms with Crippen LogP contribution in [0.3, 0.4) is 0 Å². The summed E-state index contributed by atoms with van der Waals surface area (Å²) in [6, 6.07) is 0.556. The highest BCUT2D eigenvalue weighted by molar-refractivity contribution is 7.89. The van der Waals surface area contributed by atoms with Gasteiger partial charge in [0.05, 0.1) is 5.75 Å². The van der Waals surface area contributed by atoms with Gasteiger partial charge in [0.1, 0.15) is 0 Å². The van der Waals surface area contributed by atoms with E-state index in [1.54, 1.807) is 0 Å². The first-order valence-corrected chi connectivity index (χ1v) is 8.44. The van der Waals surface area contributed by atoms with Crippen LogP contribution in [0.1, 0.15) is 45.4 Å². The smallest absolute Gasteiger partial charge is 0.212 e. The molecule has 0 amide bonds. The van der Waals surface area contributed by atoms with Gasteiger partial charge in [0.25, 0.3) is 0 Å². The maximum absolute atomic E-state index is 12.0. The van der Waals surface area contributed by atoms with E-state index in [9.17, 15) is 8.42 Å². The number of rotatable bonds is 4. The van der Waals surface area contributed by atoms with E-state index in [-0.39, 0.29) is 6.04 Å². The van der Waals surface area contributed by atoms with Gasteiger partial charge in [-0.25, -0.2) is 13.1 Å². The molecule has 0 aromatic heterocycles. The summed E-state index contributed by atoms with van der Waals surface area (Å²) in [7, 11) is -3.07. The summed E-state index contributed by atoms with van der Waals surface area (Å²) in [5, 5.41) is 3.34. The van der Waals surface area contributed by atoms with Crippen molar-refractivity contribution in [2.75, 3.05) is 12.3 Å². The van der Waals surface area contributed by atoms with Gasteiger partial charge in [-0.2, -0.15) is 0 Å². The molecular formula is C12H24N2O2S. The van der Waals surface area contributed by atoms with Crippen molar-refractivity contribution in [2.24, 2.45) is 5.92 Å². The molecule has 2 fully saturated rings. The Labute approximate surface area is 105 Å². The van der Waals surface area contributed by atoms with Gasteiger partial charge in [-0.05, 0) is 45.1 Å². The van der Waals surface area contributed by atoms with E-state index >= 15 is 0 Å². The van der Waals surface area contributed by atoms with Crippen LogP contribution in [0.4, 0.5) is 0 Å². The maximum Gasteiger partial charge on any atom is 0.212 e. The quantitative estimate of drug-likeness (QED) is 0.799. The lowest BCUT2D eigenvalue weighted by molar-refractivity contribution is 0.360. The zero-order valence-corrected chi connectivity index (χ0v) is 11.4. The molecule has 17 heavy (non-hydrogen) atoms. The lowest BCUT2D eigenvalue weighted by atomic mass is 10.0. The Morgan fingerprint density at radius 1 is 1.24 bits per heavy atom. The van der Waals surface area contributed by atoms with Gasteiger partial charge in [0, 0.05) is 12.1 Å². The molecule has 0 bridgehead atoms. The highest BCUT2D eigenvalue weighted by atomic mass is 32.2. The highest BCUT2D eigenvalue weighted by Crippen LogP contribution is 2.26. The normalized spacial score (nSPS) is 31.8. The van der Waals surface area contributed by atoms with Crippen LogP contribution in [-0.4, -0.2) is 32.8 Å². The lowest BCUT2D eigenvalue weighted by Gasteiger charge is -2.28. The molecule has 1 saturated heterocycles. The van der Waals surface area contributed by atoms with Crippen LogP contribution < -0.4 is 10.0 Å². The van der Waals surface area contributed by atoms with Crippen molar-refractivity contribution in [1.29, 1.82) is 0 Å². The monoisotopic (exact) mass is 260 g/mol. The largest absolute Gasteiger partial charge is 0.314 e. The fourth-order valence-electron chi connectivity index (χ4n) is 3.03. The Bertz CT molecular complexity index is 336. The van der Waals surface area contributed by atoms with E-state index < -0.39 is 10.0 Å². The van der Waals surface area contributed by atoms with Crippen molar-refractivity contribution in [3.8, 4) is 0 Å². The van der Waals surface area contributed by atoms with Crippen LogP contribution in [0, 0.1) is 5.92 Å². The second-order valence-corrected chi connectivity index (χ2v) is 7.42. The van der Waals surface area contributed by atoms with Crippen LogP contribution in [0.5, 0.6) is 0 Å². The predicted molar refractivity (Wildman–Crippen MR) is 69.4 cm³/mol. The van der Waals surface area contributed by atoms with Gasteiger partial charge in [0.15, 0.2) is 0 Å². The highest BCUT2D eigenvalue weighted by Gasteiger charge is 2.26. The summed E-state index contributed by atoms with van der Waals surface area (Å²) in [6.07, 6.45) is 6.39. The van der Waals surface area contributed by atoms with Gasteiger partial charge < -0.3 is 5.32 Å². The summed E-state index contributed by atoms with van der Waals surface area (Å²) in [5.41, 5.74) is 0. The molecule has 2 atom stereocenters. The zero-order valence-electron chi connectivity index (χ0n) is 10.6. The Balaban J connectivity index is 1.83. The number of nitrogens with one attached hydrogen (secondary N) is 2. The SMILES string of the molecule is CC1CC(NS(=O)(=O)CC2CCCC2)CCN1. The third-order valence-electron chi connectivity index (χ3n) is 3.90. The molecule has 2 rings (SSSR count). The third-order valence-corrected chi connectivity index (χ3v) is 5.50. The molecule has 0 aromatic carbocycles. The maximum atomic E-state index is 12.0. The van der Waals surface area contributed by atoms with Crippen molar-refractivity contribution < 1.29 is 8.42 Å². The van der Waals surface area contributed by atoms with E-state index in [0.29, 0.717) is 17.7 Å². The molecule has 4 nitrogen and oxygen atoms in total. The van der Waals surface area contributed by atoms with Crippen LogP contribution in [0.2, 0.25) is 0 Å². The average Bonchev–Trinajstić information content (AvgIpc) is 2.68. The summed E-state index contributed by atoms with van der Waals surface area (Å²) in [5.74, 6) is 0.734. The molecule has 1 aliphatic heterocycles. The van der Waals surface area contributed by atoms with Crippen LogP contribution >= 0.6 is 0 Å². The molecule has 5 heteroatoms. The number of piperidine rings is 1. The second-order valence-electron chi connectivity index (χ2n) is 5.63. The molecule has 1 aliphatic carbocycles. The lowest BCUT2D eigenvalue weighted by Crippen LogP contribution is -2.47. The molecule has 1 saturated carbocycles. The Kier molecular flexibility index (Phi) is 4.44. The molecule has 0 aromatic rings. The van der Waals surface area contributed by atoms with Crippen molar-refractivity contribution in [1.82, 2.24) is 10.0 Å². The van der Waals surface area contributed by atoms with Crippen LogP contribution in [0.25, 0.3) is 0 Å². The van der Waals surface area contributed by atoms with E-state index in [1.807, 2.05) is 0 Å². The topological polar surface area (TPSA) is 58.2 Å². The summed E-state index contributed by atoms with van der Waals surface area (Å²) >= 11 is 0. The van der Waals surface area contributed by atoms with Gasteiger partial charge >= 0.3 is 0 Å². The number of hydrogen-bond donors (Lipinski definition) is 2. The molecule has 1 heterocycles. The van der Waals surface area contributed by atoms with E-state index in [1.165, 1.54) is 12.8 Å². The minimum Gasteiger partial charge on any atom is -0.314 e. The molecular weight excluding hydrogens is 236 g/mol. The van der Waals surface area contributed by atoms with Gasteiger partial charge in [-0.15, -0.1) is 0 Å². The zero-order chi connectivity index (χ0) is 12.3. The first-order chi connectivity index (χ1) is 8.05. The van der Waals surface area contributed by atoms with Gasteiger partial charge in [0.2, 0.25) is 10.0 Å². The Hall–Kier alpha value is -0.130. The summed E-state index contributed by atoms with van der Waals surface area (Å²) in [4.78, 5) is 0. The fourth-order valence-corrected chi connectivity index (χ4v) is 4.80. The molecule has 2 unspecified atom stereocenters. The van der Waals surface area contributed by atoms with Crippen LogP contribution in [0.15, 0.2) is 0 Å². The standard InChI is InChI=1S/C12H24N2O2S/c1-10-8-12(6-7-13-10)14-17(15,16)9-11-4-2-3-5-11/h10-14H,2-9H2,1H3. The van der Waals surface area contributed by atoms with E-state index in [4.69, 9.17) is 0 Å². The molecule has 100 valence electrons. The molecule has 0 spiro atoms. The van der Waals surface area contributed by atoms with Crippen molar-refractivity contribution in [3.05, 3.63) is 0 Å². The third kappa shape index (κ3) is 4.23. The van der Waals surface area contributed by atoms with Crippen molar-refractivity contribution in [2.45, 2.75) is 57.5 Å². The first kappa shape index (κ1) is 13.3. The second kappa shape index (κ2) is 5.67. The number of sulfonamides is 1. The minimum absolute atomic E-state index is 0.137. The molecule has 2 aliphatic rings. The van der Waals surface area contributed by atoms with E-state index in [2.05, 4.69) is 17.0 Å². The summed E-state index contributed by atoms with van der Waals surface area (Å²) in [6.45, 7) is 3.02. The first-order valence-electron chi connectivity index (χ1n) is 6.78. The van der Waals surface area contributed by atoms with Gasteiger partial charge in [-0.3, -0.25) is 0 Å².